The van der Waals surface area contributed by atoms with Gasteiger partial charge in [-0.2, -0.15) is 0 Å². The molecular formula is C17H23NO3. The quantitative estimate of drug-likeness (QED) is 0.928. The van der Waals surface area contributed by atoms with E-state index in [9.17, 15) is 14.7 Å². The fourth-order valence-electron chi connectivity index (χ4n) is 3.00. The molecule has 0 unspecified atom stereocenters. The lowest BCUT2D eigenvalue weighted by molar-refractivity contribution is -0.138. The summed E-state index contributed by atoms with van der Waals surface area (Å²) in [4.78, 5) is 25.6. The topological polar surface area (TPSA) is 57.6 Å². The predicted octanol–water partition coefficient (Wildman–Crippen LogP) is 3.34. The molecule has 2 rings (SSSR count). The lowest BCUT2D eigenvalue weighted by Gasteiger charge is -2.27. The third-order valence-corrected chi connectivity index (χ3v) is 4.28. The first-order chi connectivity index (χ1) is 9.91. The van der Waals surface area contributed by atoms with Gasteiger partial charge in [-0.15, -0.1) is 0 Å². The van der Waals surface area contributed by atoms with Crippen LogP contribution in [0.15, 0.2) is 18.2 Å². The molecule has 1 aromatic rings. The van der Waals surface area contributed by atoms with Crippen molar-refractivity contribution < 1.29 is 14.7 Å². The number of carbonyl (C=O) groups is 2. The van der Waals surface area contributed by atoms with Crippen LogP contribution in [0.5, 0.6) is 0 Å². The highest BCUT2D eigenvalue weighted by molar-refractivity contribution is 5.96. The van der Waals surface area contributed by atoms with Gasteiger partial charge in [0.15, 0.2) is 0 Å². The number of para-hydroxylation sites is 1. The van der Waals surface area contributed by atoms with E-state index in [1.54, 1.807) is 11.8 Å². The molecule has 4 nitrogen and oxygen atoms in total. The highest BCUT2D eigenvalue weighted by Crippen LogP contribution is 2.33. The molecule has 2 atom stereocenters. The van der Waals surface area contributed by atoms with Gasteiger partial charge in [-0.1, -0.05) is 25.1 Å². The lowest BCUT2D eigenvalue weighted by Crippen LogP contribution is -2.32. The van der Waals surface area contributed by atoms with Gasteiger partial charge in [0.05, 0.1) is 11.6 Å². The first kappa shape index (κ1) is 15.5. The Labute approximate surface area is 125 Å². The van der Waals surface area contributed by atoms with Crippen LogP contribution in [0.3, 0.4) is 0 Å². The number of rotatable bonds is 3. The minimum Gasteiger partial charge on any atom is -0.481 e. The summed E-state index contributed by atoms with van der Waals surface area (Å²) in [6.45, 7) is 6.38. The molecule has 1 saturated heterocycles. The SMILES string of the molecule is Cc1cccc([C@H](C)C(=O)O)c1N1CCC[C@@H](C)CC1=O. The Kier molecular flexibility index (Phi) is 4.66. The molecule has 21 heavy (non-hydrogen) atoms. The Morgan fingerprint density at radius 2 is 2.14 bits per heavy atom. The largest absolute Gasteiger partial charge is 0.481 e. The van der Waals surface area contributed by atoms with Crippen LogP contribution in [-0.4, -0.2) is 23.5 Å². The fraction of sp³-hybridized carbons (Fsp3) is 0.529. The second-order valence-electron chi connectivity index (χ2n) is 6.07. The normalized spacial score (nSPS) is 21.0. The first-order valence-electron chi connectivity index (χ1n) is 7.54. The van der Waals surface area contributed by atoms with Crippen LogP contribution < -0.4 is 4.90 Å². The summed E-state index contributed by atoms with van der Waals surface area (Å²) in [7, 11) is 0. The number of nitrogens with zero attached hydrogens (tertiary/aromatic N) is 1. The van der Waals surface area contributed by atoms with E-state index in [1.165, 1.54) is 0 Å². The molecule has 0 aromatic heterocycles. The number of carboxylic acid groups (broad SMARTS) is 1. The second-order valence-corrected chi connectivity index (χ2v) is 6.07. The molecule has 1 amide bonds. The molecule has 1 aromatic carbocycles. The average molecular weight is 289 g/mol. The summed E-state index contributed by atoms with van der Waals surface area (Å²) in [5.41, 5.74) is 2.49. The monoisotopic (exact) mass is 289 g/mol. The number of benzene rings is 1. The number of carboxylic acids is 1. The molecule has 0 radical (unpaired) electrons. The predicted molar refractivity (Wildman–Crippen MR) is 82.6 cm³/mol. The van der Waals surface area contributed by atoms with Crippen LogP contribution in [0.1, 0.15) is 50.2 Å². The van der Waals surface area contributed by atoms with Gasteiger partial charge in [-0.05, 0) is 43.7 Å². The smallest absolute Gasteiger partial charge is 0.310 e. The molecule has 0 saturated carbocycles. The maximum absolute atomic E-state index is 12.5. The Morgan fingerprint density at radius 3 is 2.81 bits per heavy atom. The average Bonchev–Trinajstić information content (AvgIpc) is 2.58. The van der Waals surface area contributed by atoms with E-state index in [0.717, 1.165) is 29.7 Å². The van der Waals surface area contributed by atoms with Gasteiger partial charge in [0.2, 0.25) is 5.91 Å². The highest BCUT2D eigenvalue weighted by atomic mass is 16.4. The molecule has 114 valence electrons. The van der Waals surface area contributed by atoms with Gasteiger partial charge in [-0.3, -0.25) is 9.59 Å². The third-order valence-electron chi connectivity index (χ3n) is 4.28. The van der Waals surface area contributed by atoms with Crippen molar-refractivity contribution in [3.63, 3.8) is 0 Å². The van der Waals surface area contributed by atoms with Crippen molar-refractivity contribution in [2.45, 2.75) is 46.0 Å². The van der Waals surface area contributed by atoms with E-state index < -0.39 is 11.9 Å². The number of hydrogen-bond acceptors (Lipinski definition) is 2. The van der Waals surface area contributed by atoms with Gasteiger partial charge in [-0.25, -0.2) is 0 Å². The maximum Gasteiger partial charge on any atom is 0.310 e. The van der Waals surface area contributed by atoms with E-state index in [-0.39, 0.29) is 5.91 Å². The number of anilines is 1. The molecule has 1 aliphatic rings. The van der Waals surface area contributed by atoms with Crippen molar-refractivity contribution in [2.75, 3.05) is 11.4 Å². The molecule has 4 heteroatoms. The fourth-order valence-corrected chi connectivity index (χ4v) is 3.00. The molecule has 0 aliphatic carbocycles. The van der Waals surface area contributed by atoms with E-state index in [0.29, 0.717) is 18.9 Å². The van der Waals surface area contributed by atoms with Gasteiger partial charge in [0.25, 0.3) is 0 Å². The van der Waals surface area contributed by atoms with Crippen molar-refractivity contribution in [3.8, 4) is 0 Å². The number of hydrogen-bond donors (Lipinski definition) is 1. The van der Waals surface area contributed by atoms with Crippen LogP contribution in [0.25, 0.3) is 0 Å². The van der Waals surface area contributed by atoms with Crippen molar-refractivity contribution in [2.24, 2.45) is 5.92 Å². The number of carbonyl (C=O) groups excluding carboxylic acids is 1. The summed E-state index contributed by atoms with van der Waals surface area (Å²) in [6, 6.07) is 5.62. The van der Waals surface area contributed by atoms with E-state index in [4.69, 9.17) is 0 Å². The Hall–Kier alpha value is -1.84. The van der Waals surface area contributed by atoms with Crippen LogP contribution in [0, 0.1) is 12.8 Å². The number of aryl methyl sites for hydroxylation is 1. The maximum atomic E-state index is 12.5. The van der Waals surface area contributed by atoms with Crippen molar-refractivity contribution in [1.82, 2.24) is 0 Å². The first-order valence-corrected chi connectivity index (χ1v) is 7.54. The second kappa shape index (κ2) is 6.29. The van der Waals surface area contributed by atoms with Gasteiger partial charge in [0, 0.05) is 13.0 Å². The lowest BCUT2D eigenvalue weighted by atomic mass is 9.95. The Morgan fingerprint density at radius 1 is 1.43 bits per heavy atom. The Balaban J connectivity index is 2.46. The van der Waals surface area contributed by atoms with Crippen LogP contribution in [-0.2, 0) is 9.59 Å². The minimum atomic E-state index is -0.863. The highest BCUT2D eigenvalue weighted by Gasteiger charge is 2.27. The molecule has 0 bridgehead atoms. The number of aliphatic carboxylic acids is 1. The van der Waals surface area contributed by atoms with Crippen LogP contribution >= 0.6 is 0 Å². The summed E-state index contributed by atoms with van der Waals surface area (Å²) < 4.78 is 0. The van der Waals surface area contributed by atoms with E-state index >= 15 is 0 Å². The molecule has 1 heterocycles. The Bertz CT molecular complexity index is 553. The van der Waals surface area contributed by atoms with Gasteiger partial charge in [0.1, 0.15) is 0 Å². The molecule has 1 aliphatic heterocycles. The summed E-state index contributed by atoms with van der Waals surface area (Å²) in [5, 5.41) is 9.31. The molecule has 1 N–H and O–H groups in total. The van der Waals surface area contributed by atoms with E-state index in [2.05, 4.69) is 6.92 Å². The minimum absolute atomic E-state index is 0.105. The zero-order valence-corrected chi connectivity index (χ0v) is 12.9. The van der Waals surface area contributed by atoms with Crippen LogP contribution in [0.4, 0.5) is 5.69 Å². The molecular weight excluding hydrogens is 266 g/mol. The van der Waals surface area contributed by atoms with Gasteiger partial charge >= 0.3 is 5.97 Å². The van der Waals surface area contributed by atoms with Crippen molar-refractivity contribution >= 4 is 17.6 Å². The molecule has 1 fully saturated rings. The zero-order chi connectivity index (χ0) is 15.6. The van der Waals surface area contributed by atoms with Crippen molar-refractivity contribution in [3.05, 3.63) is 29.3 Å². The summed E-state index contributed by atoms with van der Waals surface area (Å²) >= 11 is 0. The third kappa shape index (κ3) is 3.26. The van der Waals surface area contributed by atoms with E-state index in [1.807, 2.05) is 25.1 Å². The van der Waals surface area contributed by atoms with Crippen molar-refractivity contribution in [1.29, 1.82) is 0 Å². The number of amides is 1. The van der Waals surface area contributed by atoms with Crippen LogP contribution in [0.2, 0.25) is 0 Å². The van der Waals surface area contributed by atoms with Gasteiger partial charge < -0.3 is 10.0 Å². The zero-order valence-electron chi connectivity index (χ0n) is 12.9. The standard InChI is InChI=1S/C17H23NO3/c1-11-6-5-9-18(15(19)10-11)16-12(2)7-4-8-14(16)13(3)17(20)21/h4,7-8,11,13H,5-6,9-10H2,1-3H3,(H,20,21)/t11-,13+/m1/s1. The summed E-state index contributed by atoms with van der Waals surface area (Å²) in [5.74, 6) is -0.981. The molecule has 0 spiro atoms. The summed E-state index contributed by atoms with van der Waals surface area (Å²) in [6.07, 6.45) is 2.54.